The lowest BCUT2D eigenvalue weighted by molar-refractivity contribution is 0.987. The number of hydrogen-bond acceptors (Lipinski definition) is 3. The molecule has 90 valence electrons. The van der Waals surface area contributed by atoms with Gasteiger partial charge in [0, 0.05) is 24.0 Å². The largest absolute Gasteiger partial charge is 0.276 e. The Labute approximate surface area is 109 Å². The summed E-state index contributed by atoms with van der Waals surface area (Å²) in [6.07, 6.45) is 5.31. The minimum Gasteiger partial charge on any atom is -0.276 e. The van der Waals surface area contributed by atoms with Crippen LogP contribution < -0.4 is 0 Å². The highest BCUT2D eigenvalue weighted by atomic mass is 15.2. The van der Waals surface area contributed by atoms with Gasteiger partial charge < -0.3 is 0 Å². The highest BCUT2D eigenvalue weighted by Crippen LogP contribution is 2.28. The molecule has 19 heavy (non-hydrogen) atoms. The van der Waals surface area contributed by atoms with Crippen molar-refractivity contribution >= 4 is 21.9 Å². The van der Waals surface area contributed by atoms with Crippen molar-refractivity contribution in [3.8, 4) is 5.95 Å². The van der Waals surface area contributed by atoms with Gasteiger partial charge in [0.05, 0.1) is 16.6 Å². The molecule has 4 rings (SSSR count). The van der Waals surface area contributed by atoms with Crippen LogP contribution in [0.1, 0.15) is 0 Å². The zero-order chi connectivity index (χ0) is 12.7. The van der Waals surface area contributed by atoms with E-state index in [4.69, 9.17) is 0 Å². The van der Waals surface area contributed by atoms with Crippen molar-refractivity contribution in [2.45, 2.75) is 0 Å². The molecule has 0 amide bonds. The van der Waals surface area contributed by atoms with E-state index >= 15 is 0 Å². The monoisotopic (exact) mass is 246 g/mol. The molecular formula is C15H10N4. The molecule has 3 heterocycles. The average Bonchev–Trinajstić information content (AvgIpc) is 2.83. The topological polar surface area (TPSA) is 43.6 Å². The molecule has 0 fully saturated rings. The quantitative estimate of drug-likeness (QED) is 0.518. The van der Waals surface area contributed by atoms with Gasteiger partial charge in [0.2, 0.25) is 5.95 Å². The Morgan fingerprint density at radius 1 is 0.684 bits per heavy atom. The van der Waals surface area contributed by atoms with E-state index < -0.39 is 0 Å². The summed E-state index contributed by atoms with van der Waals surface area (Å²) < 4.78 is 2.04. The fourth-order valence-corrected chi connectivity index (χ4v) is 2.41. The van der Waals surface area contributed by atoms with Crippen molar-refractivity contribution in [3.63, 3.8) is 0 Å². The molecule has 4 nitrogen and oxygen atoms in total. The summed E-state index contributed by atoms with van der Waals surface area (Å²) in [6.45, 7) is 0. The third kappa shape index (κ3) is 1.43. The molecule has 0 aliphatic carbocycles. The third-order valence-electron chi connectivity index (χ3n) is 3.18. The van der Waals surface area contributed by atoms with Crippen LogP contribution in [0.4, 0.5) is 0 Å². The van der Waals surface area contributed by atoms with E-state index in [9.17, 15) is 0 Å². The van der Waals surface area contributed by atoms with E-state index in [2.05, 4.69) is 27.1 Å². The number of nitrogens with zero attached hydrogens (tertiary/aromatic N) is 4. The number of rotatable bonds is 1. The first-order valence-corrected chi connectivity index (χ1v) is 6.07. The van der Waals surface area contributed by atoms with Crippen LogP contribution in [0.3, 0.4) is 0 Å². The predicted molar refractivity (Wildman–Crippen MR) is 74.2 cm³/mol. The molecule has 3 aromatic heterocycles. The Morgan fingerprint density at radius 3 is 2.32 bits per heavy atom. The number of fused-ring (bicyclic) bond motifs is 3. The zero-order valence-corrected chi connectivity index (χ0v) is 10.1. The summed E-state index contributed by atoms with van der Waals surface area (Å²) in [4.78, 5) is 13.2. The minimum atomic E-state index is 0.668. The summed E-state index contributed by atoms with van der Waals surface area (Å²) in [5, 5.41) is 1.12. The van der Waals surface area contributed by atoms with Gasteiger partial charge in [-0.25, -0.2) is 9.97 Å². The van der Waals surface area contributed by atoms with Gasteiger partial charge in [-0.3, -0.25) is 9.55 Å². The second-order valence-corrected chi connectivity index (χ2v) is 4.27. The highest BCUT2D eigenvalue weighted by molar-refractivity contribution is 6.06. The van der Waals surface area contributed by atoms with Crippen LogP contribution in [-0.4, -0.2) is 19.5 Å². The SMILES string of the molecule is c1cnc(-n2c3ccccc3c3ncccc32)nc1. The van der Waals surface area contributed by atoms with E-state index in [1.165, 1.54) is 0 Å². The van der Waals surface area contributed by atoms with E-state index in [0.717, 1.165) is 21.9 Å². The lowest BCUT2D eigenvalue weighted by Gasteiger charge is -2.03. The molecule has 4 heteroatoms. The first-order valence-electron chi connectivity index (χ1n) is 6.07. The Morgan fingerprint density at radius 2 is 1.42 bits per heavy atom. The number of pyridine rings is 1. The van der Waals surface area contributed by atoms with Gasteiger partial charge in [-0.1, -0.05) is 18.2 Å². The second kappa shape index (κ2) is 3.88. The van der Waals surface area contributed by atoms with Crippen molar-refractivity contribution in [1.82, 2.24) is 19.5 Å². The maximum Gasteiger partial charge on any atom is 0.234 e. The van der Waals surface area contributed by atoms with Gasteiger partial charge >= 0.3 is 0 Å². The highest BCUT2D eigenvalue weighted by Gasteiger charge is 2.13. The normalized spacial score (nSPS) is 11.2. The fraction of sp³-hybridized carbons (Fsp3) is 0. The lowest BCUT2D eigenvalue weighted by Crippen LogP contribution is -1.99. The Hall–Kier alpha value is -2.75. The molecule has 0 N–H and O–H groups in total. The van der Waals surface area contributed by atoms with Crippen LogP contribution in [0.5, 0.6) is 0 Å². The maximum absolute atomic E-state index is 4.48. The van der Waals surface area contributed by atoms with Crippen LogP contribution in [0, 0.1) is 0 Å². The molecule has 0 atom stereocenters. The number of para-hydroxylation sites is 1. The fourth-order valence-electron chi connectivity index (χ4n) is 2.41. The molecule has 0 unspecified atom stereocenters. The zero-order valence-electron chi connectivity index (χ0n) is 10.1. The van der Waals surface area contributed by atoms with Crippen molar-refractivity contribution < 1.29 is 0 Å². The van der Waals surface area contributed by atoms with Gasteiger partial charge in [0.1, 0.15) is 0 Å². The molecule has 0 aliphatic heterocycles. The number of hydrogen-bond donors (Lipinski definition) is 0. The molecule has 1 aromatic carbocycles. The molecule has 0 aliphatic rings. The molecule has 0 saturated heterocycles. The maximum atomic E-state index is 4.48. The molecule has 4 aromatic rings. The van der Waals surface area contributed by atoms with E-state index in [0.29, 0.717) is 5.95 Å². The summed E-state index contributed by atoms with van der Waals surface area (Å²) in [6, 6.07) is 14.0. The van der Waals surface area contributed by atoms with Crippen LogP contribution in [0.15, 0.2) is 61.1 Å². The van der Waals surface area contributed by atoms with Gasteiger partial charge in [-0.2, -0.15) is 0 Å². The van der Waals surface area contributed by atoms with Crippen molar-refractivity contribution in [2.75, 3.05) is 0 Å². The van der Waals surface area contributed by atoms with Gasteiger partial charge in [-0.05, 0) is 24.3 Å². The molecule has 0 radical (unpaired) electrons. The average molecular weight is 246 g/mol. The van der Waals surface area contributed by atoms with Gasteiger partial charge in [0.15, 0.2) is 0 Å². The first-order chi connectivity index (χ1) is 9.45. The van der Waals surface area contributed by atoms with E-state index in [1.54, 1.807) is 12.4 Å². The summed E-state index contributed by atoms with van der Waals surface area (Å²) >= 11 is 0. The molecule has 0 saturated carbocycles. The van der Waals surface area contributed by atoms with Crippen LogP contribution in [-0.2, 0) is 0 Å². The predicted octanol–water partition coefficient (Wildman–Crippen LogP) is 2.97. The number of aromatic nitrogens is 4. The lowest BCUT2D eigenvalue weighted by atomic mass is 10.2. The summed E-state index contributed by atoms with van der Waals surface area (Å²) in [5.74, 6) is 0.668. The van der Waals surface area contributed by atoms with Crippen molar-refractivity contribution in [2.24, 2.45) is 0 Å². The van der Waals surface area contributed by atoms with Crippen LogP contribution >= 0.6 is 0 Å². The van der Waals surface area contributed by atoms with E-state index in [1.807, 2.05) is 41.1 Å². The summed E-state index contributed by atoms with van der Waals surface area (Å²) in [5.41, 5.74) is 3.07. The van der Waals surface area contributed by atoms with E-state index in [-0.39, 0.29) is 0 Å². The van der Waals surface area contributed by atoms with Crippen molar-refractivity contribution in [1.29, 1.82) is 0 Å². The van der Waals surface area contributed by atoms with Crippen LogP contribution in [0.2, 0.25) is 0 Å². The third-order valence-corrected chi connectivity index (χ3v) is 3.18. The van der Waals surface area contributed by atoms with Crippen LogP contribution in [0.25, 0.3) is 27.9 Å². The summed E-state index contributed by atoms with van der Waals surface area (Å²) in [7, 11) is 0. The van der Waals surface area contributed by atoms with Crippen molar-refractivity contribution in [3.05, 3.63) is 61.1 Å². The Kier molecular flexibility index (Phi) is 2.08. The van der Waals surface area contributed by atoms with Gasteiger partial charge in [-0.15, -0.1) is 0 Å². The first kappa shape index (κ1) is 10.2. The van der Waals surface area contributed by atoms with Gasteiger partial charge in [0.25, 0.3) is 0 Å². The molecule has 0 spiro atoms. The smallest absolute Gasteiger partial charge is 0.234 e. The minimum absolute atomic E-state index is 0.668. The Balaban J connectivity index is 2.24. The number of benzene rings is 1. The second-order valence-electron chi connectivity index (χ2n) is 4.27. The standard InChI is InChI=1S/C15H10N4/c1-2-6-12-11(5-1)14-13(7-3-8-16-14)19(12)15-17-9-4-10-18-15/h1-10H. The molecule has 0 bridgehead atoms. The Bertz CT molecular complexity index is 812. The molecular weight excluding hydrogens is 236 g/mol.